The summed E-state index contributed by atoms with van der Waals surface area (Å²) in [6, 6.07) is 2.10. The van der Waals surface area contributed by atoms with Crippen molar-refractivity contribution in [2.24, 2.45) is 0 Å². The molecule has 16 heavy (non-hydrogen) atoms. The molecule has 0 spiro atoms. The zero-order chi connectivity index (χ0) is 12.1. The lowest BCUT2D eigenvalue weighted by atomic mass is 10.1. The van der Waals surface area contributed by atoms with Gasteiger partial charge in [-0.15, -0.1) is 0 Å². The average molecular weight is 230 g/mol. The van der Waals surface area contributed by atoms with Crippen LogP contribution >= 0.6 is 0 Å². The summed E-state index contributed by atoms with van der Waals surface area (Å²) in [6.07, 6.45) is -0.219. The van der Waals surface area contributed by atoms with Gasteiger partial charge in [0.05, 0.1) is 6.61 Å². The first kappa shape index (κ1) is 13.1. The highest BCUT2D eigenvalue weighted by Gasteiger charge is 2.15. The Morgan fingerprint density at radius 1 is 1.31 bits per heavy atom. The van der Waals surface area contributed by atoms with Crippen molar-refractivity contribution in [3.8, 4) is 0 Å². The van der Waals surface area contributed by atoms with Crippen LogP contribution < -0.4 is 0 Å². The van der Waals surface area contributed by atoms with E-state index in [4.69, 9.17) is 4.74 Å². The van der Waals surface area contributed by atoms with E-state index in [1.807, 2.05) is 6.92 Å². The smallest absolute Gasteiger partial charge is 0.132 e. The molecule has 1 N–H and O–H groups in total. The van der Waals surface area contributed by atoms with Crippen LogP contribution in [0.5, 0.6) is 0 Å². The van der Waals surface area contributed by atoms with Gasteiger partial charge in [0.25, 0.3) is 0 Å². The number of ether oxygens (including phenoxy) is 1. The van der Waals surface area contributed by atoms with Crippen molar-refractivity contribution in [3.05, 3.63) is 34.9 Å². The molecule has 1 unspecified atom stereocenters. The highest BCUT2D eigenvalue weighted by Crippen LogP contribution is 2.21. The summed E-state index contributed by atoms with van der Waals surface area (Å²) >= 11 is 0. The molecular weight excluding hydrogens is 214 g/mol. The molecule has 0 amide bonds. The van der Waals surface area contributed by atoms with Gasteiger partial charge in [-0.25, -0.2) is 8.78 Å². The summed E-state index contributed by atoms with van der Waals surface area (Å²) in [5.74, 6) is -1.35. The van der Waals surface area contributed by atoms with Gasteiger partial charge in [0, 0.05) is 18.2 Å². The molecular formula is C12H16F2O2. The van der Waals surface area contributed by atoms with Crippen molar-refractivity contribution in [3.63, 3.8) is 0 Å². The van der Waals surface area contributed by atoms with Gasteiger partial charge in [0.2, 0.25) is 0 Å². The van der Waals surface area contributed by atoms with Crippen LogP contribution in [-0.4, -0.2) is 18.3 Å². The fourth-order valence-electron chi connectivity index (χ4n) is 1.36. The monoisotopic (exact) mass is 230 g/mol. The Labute approximate surface area is 93.9 Å². The fourth-order valence-corrected chi connectivity index (χ4v) is 1.36. The van der Waals surface area contributed by atoms with Gasteiger partial charge in [-0.2, -0.15) is 0 Å². The molecule has 0 bridgehead atoms. The van der Waals surface area contributed by atoms with Gasteiger partial charge < -0.3 is 9.84 Å². The minimum absolute atomic E-state index is 0.0236. The SMILES string of the molecule is CCCOCC(O)c1cc(C)c(F)cc1F. The molecule has 1 aromatic rings. The van der Waals surface area contributed by atoms with Gasteiger partial charge >= 0.3 is 0 Å². The van der Waals surface area contributed by atoms with E-state index >= 15 is 0 Å². The van der Waals surface area contributed by atoms with E-state index in [2.05, 4.69) is 0 Å². The van der Waals surface area contributed by atoms with Gasteiger partial charge in [0.15, 0.2) is 0 Å². The third-order valence-electron chi connectivity index (χ3n) is 2.26. The van der Waals surface area contributed by atoms with Crippen LogP contribution in [0.4, 0.5) is 8.78 Å². The molecule has 2 nitrogen and oxygen atoms in total. The van der Waals surface area contributed by atoms with Crippen molar-refractivity contribution in [2.75, 3.05) is 13.2 Å². The van der Waals surface area contributed by atoms with Gasteiger partial charge in [-0.1, -0.05) is 6.92 Å². The summed E-state index contributed by atoms with van der Waals surface area (Å²) in [7, 11) is 0. The van der Waals surface area contributed by atoms with E-state index in [1.165, 1.54) is 13.0 Å². The van der Waals surface area contributed by atoms with Crippen LogP contribution in [0, 0.1) is 18.6 Å². The summed E-state index contributed by atoms with van der Waals surface area (Å²) in [5, 5.41) is 9.66. The molecule has 1 rings (SSSR count). The van der Waals surface area contributed by atoms with E-state index in [1.54, 1.807) is 0 Å². The Morgan fingerprint density at radius 3 is 2.62 bits per heavy atom. The van der Waals surface area contributed by atoms with Gasteiger partial charge in [-0.3, -0.25) is 0 Å². The number of halogens is 2. The molecule has 90 valence electrons. The summed E-state index contributed by atoms with van der Waals surface area (Å²) < 4.78 is 31.4. The lowest BCUT2D eigenvalue weighted by Gasteiger charge is -2.13. The topological polar surface area (TPSA) is 29.5 Å². The third kappa shape index (κ3) is 3.25. The number of hydrogen-bond donors (Lipinski definition) is 1. The maximum Gasteiger partial charge on any atom is 0.132 e. The molecule has 4 heteroatoms. The Morgan fingerprint density at radius 2 is 2.00 bits per heavy atom. The predicted molar refractivity (Wildman–Crippen MR) is 57.2 cm³/mol. The average Bonchev–Trinajstić information content (AvgIpc) is 2.23. The molecule has 0 aliphatic rings. The lowest BCUT2D eigenvalue weighted by molar-refractivity contribution is 0.0345. The summed E-state index contributed by atoms with van der Waals surface area (Å²) in [4.78, 5) is 0. The maximum atomic E-state index is 13.3. The molecule has 0 aromatic heterocycles. The standard InChI is InChI=1S/C12H16F2O2/c1-3-4-16-7-12(15)9-5-8(2)10(13)6-11(9)14/h5-6,12,15H,3-4,7H2,1-2H3. The first-order valence-corrected chi connectivity index (χ1v) is 5.27. The van der Waals surface area contributed by atoms with Crippen molar-refractivity contribution in [1.29, 1.82) is 0 Å². The van der Waals surface area contributed by atoms with Crippen LogP contribution in [0.2, 0.25) is 0 Å². The Balaban J connectivity index is 2.75. The van der Waals surface area contributed by atoms with Crippen LogP contribution in [-0.2, 0) is 4.74 Å². The molecule has 0 aliphatic carbocycles. The van der Waals surface area contributed by atoms with E-state index in [9.17, 15) is 13.9 Å². The lowest BCUT2D eigenvalue weighted by Crippen LogP contribution is -2.10. The van der Waals surface area contributed by atoms with E-state index in [-0.39, 0.29) is 12.2 Å². The molecule has 0 aliphatic heterocycles. The van der Waals surface area contributed by atoms with E-state index in [0.717, 1.165) is 12.5 Å². The Kier molecular flexibility index (Phi) is 4.83. The number of hydrogen-bond acceptors (Lipinski definition) is 2. The van der Waals surface area contributed by atoms with Crippen LogP contribution in [0.15, 0.2) is 12.1 Å². The number of aliphatic hydroxyl groups excluding tert-OH is 1. The normalized spacial score (nSPS) is 12.8. The van der Waals surface area contributed by atoms with Gasteiger partial charge in [-0.05, 0) is 25.0 Å². The number of benzene rings is 1. The maximum absolute atomic E-state index is 13.3. The first-order chi connectivity index (χ1) is 7.56. The van der Waals surface area contributed by atoms with Crippen LogP contribution in [0.1, 0.15) is 30.6 Å². The quantitative estimate of drug-likeness (QED) is 0.788. The minimum atomic E-state index is -1.05. The van der Waals surface area contributed by atoms with E-state index < -0.39 is 17.7 Å². The molecule has 0 heterocycles. The molecule has 1 atom stereocenters. The summed E-state index contributed by atoms with van der Waals surface area (Å²) in [6.45, 7) is 4.00. The second kappa shape index (κ2) is 5.92. The van der Waals surface area contributed by atoms with Crippen molar-refractivity contribution >= 4 is 0 Å². The fraction of sp³-hybridized carbons (Fsp3) is 0.500. The molecule has 0 fully saturated rings. The molecule has 0 radical (unpaired) electrons. The van der Waals surface area contributed by atoms with Crippen LogP contribution in [0.25, 0.3) is 0 Å². The zero-order valence-corrected chi connectivity index (χ0v) is 9.46. The largest absolute Gasteiger partial charge is 0.386 e. The third-order valence-corrected chi connectivity index (χ3v) is 2.26. The number of aliphatic hydroxyl groups is 1. The second-order valence-electron chi connectivity index (χ2n) is 3.71. The number of aryl methyl sites for hydroxylation is 1. The number of rotatable bonds is 5. The van der Waals surface area contributed by atoms with Gasteiger partial charge in [0.1, 0.15) is 17.7 Å². The Bertz CT molecular complexity index is 353. The zero-order valence-electron chi connectivity index (χ0n) is 9.46. The highest BCUT2D eigenvalue weighted by atomic mass is 19.1. The van der Waals surface area contributed by atoms with Crippen molar-refractivity contribution in [1.82, 2.24) is 0 Å². The minimum Gasteiger partial charge on any atom is -0.386 e. The van der Waals surface area contributed by atoms with Crippen molar-refractivity contribution in [2.45, 2.75) is 26.4 Å². The predicted octanol–water partition coefficient (Wildman–Crippen LogP) is 2.73. The van der Waals surface area contributed by atoms with E-state index in [0.29, 0.717) is 12.2 Å². The molecule has 1 aromatic carbocycles. The molecule has 0 saturated heterocycles. The van der Waals surface area contributed by atoms with Crippen LogP contribution in [0.3, 0.4) is 0 Å². The highest BCUT2D eigenvalue weighted by molar-refractivity contribution is 5.27. The van der Waals surface area contributed by atoms with Crippen molar-refractivity contribution < 1.29 is 18.6 Å². The molecule has 0 saturated carbocycles. The summed E-state index contributed by atoms with van der Waals surface area (Å²) in [5.41, 5.74) is 0.390. The first-order valence-electron chi connectivity index (χ1n) is 5.27. The Hall–Kier alpha value is -1.00. The second-order valence-corrected chi connectivity index (χ2v) is 3.71.